The molecule has 0 spiro atoms. The predicted octanol–water partition coefficient (Wildman–Crippen LogP) is 0.949. The van der Waals surface area contributed by atoms with Gasteiger partial charge in [0.25, 0.3) is 0 Å². The van der Waals surface area contributed by atoms with E-state index in [2.05, 4.69) is 21.2 Å². The van der Waals surface area contributed by atoms with Crippen molar-refractivity contribution < 1.29 is 4.92 Å². The Morgan fingerprint density at radius 2 is 2.56 bits per heavy atom. The van der Waals surface area contributed by atoms with Crippen molar-refractivity contribution in [2.24, 2.45) is 0 Å². The fourth-order valence-corrected chi connectivity index (χ4v) is 0.686. The zero-order chi connectivity index (χ0) is 6.85. The van der Waals surface area contributed by atoms with Crippen molar-refractivity contribution in [2.75, 3.05) is 0 Å². The molecular formula is C3H2BrN3O2. The third-order valence-corrected chi connectivity index (χ3v) is 1.14. The zero-order valence-electron chi connectivity index (χ0n) is 4.19. The maximum atomic E-state index is 9.95. The van der Waals surface area contributed by atoms with E-state index in [1.807, 2.05) is 0 Å². The van der Waals surface area contributed by atoms with Crippen molar-refractivity contribution >= 4 is 21.8 Å². The van der Waals surface area contributed by atoms with Crippen LogP contribution in [0.1, 0.15) is 0 Å². The van der Waals surface area contributed by atoms with Gasteiger partial charge in [-0.2, -0.15) is 8.81 Å². The maximum absolute atomic E-state index is 9.95. The summed E-state index contributed by atoms with van der Waals surface area (Å²) < 4.78 is 1.20. The molecule has 0 atom stereocenters. The predicted molar refractivity (Wildman–Crippen MR) is 33.2 cm³/mol. The molecule has 0 radical (unpaired) electrons. The third-order valence-electron chi connectivity index (χ3n) is 0.750. The molecule has 0 N–H and O–H groups in total. The van der Waals surface area contributed by atoms with E-state index in [4.69, 9.17) is 0 Å². The van der Waals surface area contributed by atoms with Crippen molar-refractivity contribution in [2.45, 2.75) is 0 Å². The second-order valence-corrected chi connectivity index (χ2v) is 2.07. The molecule has 0 saturated carbocycles. The zero-order valence-corrected chi connectivity index (χ0v) is 5.78. The quantitative estimate of drug-likeness (QED) is 0.491. The molecule has 48 valence electrons. The van der Waals surface area contributed by atoms with E-state index in [9.17, 15) is 10.1 Å². The third kappa shape index (κ3) is 1.26. The Bertz CT molecular complexity index is 233. The van der Waals surface area contributed by atoms with Gasteiger partial charge in [-0.25, -0.2) is 0 Å². The first-order valence-electron chi connectivity index (χ1n) is 2.05. The molecule has 0 aliphatic heterocycles. The highest BCUT2D eigenvalue weighted by atomic mass is 79.9. The average molecular weight is 192 g/mol. The molecule has 0 fully saturated rings. The summed E-state index contributed by atoms with van der Waals surface area (Å²) in [5.74, 6) is 0. The molecular weight excluding hydrogens is 190 g/mol. The minimum absolute atomic E-state index is 0.0214. The molecule has 0 bridgehead atoms. The van der Waals surface area contributed by atoms with E-state index in [-0.39, 0.29) is 5.69 Å². The number of aromatic nitrogens is 2. The lowest BCUT2D eigenvalue weighted by atomic mass is 10.6. The summed E-state index contributed by atoms with van der Waals surface area (Å²) in [6.45, 7) is 0. The fraction of sp³-hybridized carbons (Fsp3) is 0. The van der Waals surface area contributed by atoms with Crippen molar-refractivity contribution in [3.63, 3.8) is 0 Å². The van der Waals surface area contributed by atoms with E-state index < -0.39 is 4.92 Å². The molecule has 5 nitrogen and oxygen atoms in total. The van der Waals surface area contributed by atoms with Gasteiger partial charge in [-0.1, -0.05) is 0 Å². The van der Waals surface area contributed by atoms with Gasteiger partial charge in [0.05, 0.1) is 21.1 Å². The minimum Gasteiger partial charge on any atom is -0.258 e. The largest absolute Gasteiger partial charge is 0.308 e. The summed E-state index contributed by atoms with van der Waals surface area (Å²) in [5, 5.41) is 13.5. The average Bonchev–Trinajstić information content (AvgIpc) is 2.14. The number of nitro groups is 1. The summed E-state index contributed by atoms with van der Waals surface area (Å²) >= 11 is 2.90. The molecule has 1 rings (SSSR count). The lowest BCUT2D eigenvalue weighted by Crippen LogP contribution is -1.82. The molecule has 0 amide bonds. The fourth-order valence-electron chi connectivity index (χ4n) is 0.384. The summed E-state index contributed by atoms with van der Waals surface area (Å²) in [5.41, 5.74) is -0.0214. The van der Waals surface area contributed by atoms with Crippen LogP contribution in [0.5, 0.6) is 0 Å². The molecule has 0 saturated heterocycles. The highest BCUT2D eigenvalue weighted by Gasteiger charge is 2.05. The number of nitrogens with zero attached hydrogens (tertiary/aromatic N) is 3. The maximum Gasteiger partial charge on any atom is 0.308 e. The monoisotopic (exact) mass is 191 g/mol. The van der Waals surface area contributed by atoms with Crippen LogP contribution in [0.15, 0.2) is 12.4 Å². The SMILES string of the molecule is O=[N+]([O-])c1cnn(Br)c1. The highest BCUT2D eigenvalue weighted by Crippen LogP contribution is 2.08. The van der Waals surface area contributed by atoms with Crippen molar-refractivity contribution in [3.8, 4) is 0 Å². The van der Waals surface area contributed by atoms with E-state index >= 15 is 0 Å². The van der Waals surface area contributed by atoms with Crippen molar-refractivity contribution in [1.29, 1.82) is 0 Å². The molecule has 1 aromatic rings. The minimum atomic E-state index is -0.509. The molecule has 0 aliphatic rings. The lowest BCUT2D eigenvalue weighted by Gasteiger charge is -1.77. The molecule has 0 aromatic carbocycles. The Kier molecular flexibility index (Phi) is 1.48. The number of halogens is 1. The van der Waals surface area contributed by atoms with Crippen LogP contribution < -0.4 is 0 Å². The first kappa shape index (κ1) is 6.21. The van der Waals surface area contributed by atoms with Gasteiger partial charge in [-0.05, 0) is 0 Å². The molecule has 1 aromatic heterocycles. The Balaban J connectivity index is 2.98. The van der Waals surface area contributed by atoms with E-state index in [0.29, 0.717) is 0 Å². The topological polar surface area (TPSA) is 61.0 Å². The van der Waals surface area contributed by atoms with Crippen LogP contribution in [-0.2, 0) is 0 Å². The lowest BCUT2D eigenvalue weighted by molar-refractivity contribution is -0.384. The Hall–Kier alpha value is -0.910. The van der Waals surface area contributed by atoms with Gasteiger partial charge in [0.2, 0.25) is 0 Å². The standard InChI is InChI=1S/C3H2BrN3O2/c4-6-2-3(1-5-6)7(8)9/h1-2H. The molecule has 0 aliphatic carbocycles. The normalized spacial score (nSPS) is 9.44. The molecule has 1 heterocycles. The van der Waals surface area contributed by atoms with E-state index in [1.54, 1.807) is 0 Å². The number of hydrogen-bond donors (Lipinski definition) is 0. The smallest absolute Gasteiger partial charge is 0.258 e. The van der Waals surface area contributed by atoms with Gasteiger partial charge in [-0.15, -0.1) is 0 Å². The summed E-state index contributed by atoms with van der Waals surface area (Å²) in [4.78, 5) is 9.44. The second-order valence-electron chi connectivity index (χ2n) is 1.34. The van der Waals surface area contributed by atoms with Crippen LogP contribution in [-0.4, -0.2) is 13.7 Å². The van der Waals surface area contributed by atoms with Gasteiger partial charge in [0, 0.05) is 0 Å². The van der Waals surface area contributed by atoms with Crippen molar-refractivity contribution in [1.82, 2.24) is 8.81 Å². The highest BCUT2D eigenvalue weighted by molar-refractivity contribution is 9.08. The summed E-state index contributed by atoms with van der Waals surface area (Å²) in [6, 6.07) is 0. The van der Waals surface area contributed by atoms with Crippen LogP contribution in [0.25, 0.3) is 0 Å². The number of hydrogen-bond acceptors (Lipinski definition) is 3. The molecule has 9 heavy (non-hydrogen) atoms. The Morgan fingerprint density at radius 1 is 1.89 bits per heavy atom. The Morgan fingerprint density at radius 3 is 2.78 bits per heavy atom. The van der Waals surface area contributed by atoms with Crippen LogP contribution in [0, 0.1) is 10.1 Å². The van der Waals surface area contributed by atoms with Gasteiger partial charge < -0.3 is 0 Å². The van der Waals surface area contributed by atoms with E-state index in [1.165, 1.54) is 9.90 Å². The van der Waals surface area contributed by atoms with Crippen LogP contribution in [0.2, 0.25) is 0 Å². The van der Waals surface area contributed by atoms with Crippen LogP contribution in [0.3, 0.4) is 0 Å². The van der Waals surface area contributed by atoms with Crippen molar-refractivity contribution in [3.05, 3.63) is 22.5 Å². The summed E-state index contributed by atoms with van der Waals surface area (Å²) in [6.07, 6.45) is 2.43. The van der Waals surface area contributed by atoms with Crippen LogP contribution in [0.4, 0.5) is 5.69 Å². The van der Waals surface area contributed by atoms with Gasteiger partial charge >= 0.3 is 5.69 Å². The first-order chi connectivity index (χ1) is 4.20. The van der Waals surface area contributed by atoms with Gasteiger partial charge in [0.15, 0.2) is 0 Å². The van der Waals surface area contributed by atoms with Gasteiger partial charge in [0.1, 0.15) is 12.4 Å². The van der Waals surface area contributed by atoms with Crippen LogP contribution >= 0.6 is 16.1 Å². The van der Waals surface area contributed by atoms with Gasteiger partial charge in [-0.3, -0.25) is 10.1 Å². The second kappa shape index (κ2) is 2.14. The van der Waals surface area contributed by atoms with E-state index in [0.717, 1.165) is 6.20 Å². The Labute approximate surface area is 58.8 Å². The number of rotatable bonds is 1. The summed E-state index contributed by atoms with van der Waals surface area (Å²) in [7, 11) is 0. The molecule has 0 unspecified atom stereocenters. The first-order valence-corrected chi connectivity index (χ1v) is 2.76. The molecule has 6 heteroatoms.